The van der Waals surface area contributed by atoms with Crippen LogP contribution in [0.2, 0.25) is 8.67 Å². The van der Waals surface area contributed by atoms with Gasteiger partial charge in [-0.2, -0.15) is 0 Å². The number of amides is 1. The maximum Gasteiger partial charge on any atom is 0.311 e. The highest BCUT2D eigenvalue weighted by atomic mass is 35.5. The topological polar surface area (TPSA) is 66.4 Å². The number of halogens is 2. The number of hydrogen-bond donors (Lipinski definition) is 2. The van der Waals surface area contributed by atoms with Crippen molar-refractivity contribution in [2.45, 2.75) is 32.2 Å². The van der Waals surface area contributed by atoms with Gasteiger partial charge in [-0.05, 0) is 25.8 Å². The Morgan fingerprint density at radius 1 is 1.53 bits per heavy atom. The Labute approximate surface area is 124 Å². The summed E-state index contributed by atoms with van der Waals surface area (Å²) >= 11 is 12.8. The Kier molecular flexibility index (Phi) is 4.08. The summed E-state index contributed by atoms with van der Waals surface area (Å²) in [5, 5.41) is 12.1. The minimum atomic E-state index is -0.915. The van der Waals surface area contributed by atoms with E-state index in [1.807, 2.05) is 0 Å². The van der Waals surface area contributed by atoms with Crippen LogP contribution in [0.3, 0.4) is 0 Å². The van der Waals surface area contributed by atoms with Crippen LogP contribution >= 0.6 is 34.5 Å². The molecule has 1 aromatic rings. The van der Waals surface area contributed by atoms with E-state index < -0.39 is 11.4 Å². The van der Waals surface area contributed by atoms with E-state index in [1.54, 1.807) is 6.92 Å². The Morgan fingerprint density at radius 2 is 2.21 bits per heavy atom. The van der Waals surface area contributed by atoms with Crippen LogP contribution in [-0.2, 0) is 4.79 Å². The van der Waals surface area contributed by atoms with Crippen LogP contribution in [0.4, 0.5) is 0 Å². The average Bonchev–Trinajstić information content (AvgIpc) is 2.84. The first-order chi connectivity index (χ1) is 8.84. The zero-order chi connectivity index (χ0) is 14.2. The molecule has 1 heterocycles. The fourth-order valence-corrected chi connectivity index (χ4v) is 3.84. The van der Waals surface area contributed by atoms with Crippen molar-refractivity contribution in [1.29, 1.82) is 0 Å². The van der Waals surface area contributed by atoms with E-state index in [-0.39, 0.29) is 11.9 Å². The summed E-state index contributed by atoms with van der Waals surface area (Å²) in [6.45, 7) is 1.66. The van der Waals surface area contributed by atoms with E-state index in [0.29, 0.717) is 27.1 Å². The van der Waals surface area contributed by atoms with Crippen molar-refractivity contribution in [3.63, 3.8) is 0 Å². The smallest absolute Gasteiger partial charge is 0.311 e. The molecule has 2 N–H and O–H groups in total. The third kappa shape index (κ3) is 2.73. The first kappa shape index (κ1) is 14.6. The van der Waals surface area contributed by atoms with Crippen molar-refractivity contribution in [2.24, 2.45) is 5.41 Å². The lowest BCUT2D eigenvalue weighted by Gasteiger charge is -2.27. The minimum Gasteiger partial charge on any atom is -0.481 e. The summed E-state index contributed by atoms with van der Waals surface area (Å²) in [5.74, 6) is -1.25. The lowest BCUT2D eigenvalue weighted by Crippen LogP contribution is -2.47. The van der Waals surface area contributed by atoms with Crippen molar-refractivity contribution >= 4 is 46.4 Å². The summed E-state index contributed by atoms with van der Waals surface area (Å²) in [5.41, 5.74) is -0.613. The van der Waals surface area contributed by atoms with Gasteiger partial charge < -0.3 is 10.4 Å². The summed E-state index contributed by atoms with van der Waals surface area (Å²) in [6, 6.07) is 1.11. The molecule has 0 saturated heterocycles. The number of aliphatic carboxylic acids is 1. The maximum absolute atomic E-state index is 12.1. The number of carboxylic acids is 1. The second-order valence-corrected chi connectivity index (χ2v) is 7.16. The van der Waals surface area contributed by atoms with Crippen LogP contribution in [0.15, 0.2) is 6.07 Å². The molecule has 2 atom stereocenters. The molecule has 2 unspecified atom stereocenters. The second kappa shape index (κ2) is 5.31. The molecule has 0 aliphatic heterocycles. The number of carboxylic acid groups (broad SMARTS) is 1. The molecule has 19 heavy (non-hydrogen) atoms. The third-order valence-electron chi connectivity index (χ3n) is 3.65. The van der Waals surface area contributed by atoms with Gasteiger partial charge in [0.05, 0.1) is 15.3 Å². The Hall–Kier alpha value is -0.780. The number of rotatable bonds is 3. The zero-order valence-corrected chi connectivity index (χ0v) is 12.5. The lowest BCUT2D eigenvalue weighted by molar-refractivity contribution is -0.148. The van der Waals surface area contributed by atoms with Gasteiger partial charge in [0.15, 0.2) is 0 Å². The fourth-order valence-electron chi connectivity index (χ4n) is 2.38. The van der Waals surface area contributed by atoms with Gasteiger partial charge in [-0.25, -0.2) is 0 Å². The molecule has 1 amide bonds. The van der Waals surface area contributed by atoms with Crippen molar-refractivity contribution in [3.8, 4) is 0 Å². The van der Waals surface area contributed by atoms with Crippen molar-refractivity contribution in [3.05, 3.63) is 20.3 Å². The van der Waals surface area contributed by atoms with Gasteiger partial charge in [0, 0.05) is 6.04 Å². The number of thiophene rings is 1. The monoisotopic (exact) mass is 321 g/mol. The van der Waals surface area contributed by atoms with E-state index in [9.17, 15) is 14.7 Å². The largest absolute Gasteiger partial charge is 0.481 e. The molecule has 7 heteroatoms. The normalized spacial score (nSPS) is 26.4. The molecule has 104 valence electrons. The van der Waals surface area contributed by atoms with Crippen molar-refractivity contribution in [1.82, 2.24) is 5.32 Å². The summed E-state index contributed by atoms with van der Waals surface area (Å²) in [6.07, 6.45) is 2.00. The Morgan fingerprint density at radius 3 is 2.74 bits per heavy atom. The molecule has 2 rings (SSSR count). The van der Waals surface area contributed by atoms with E-state index in [0.717, 1.165) is 17.8 Å². The van der Waals surface area contributed by atoms with Crippen LogP contribution < -0.4 is 5.32 Å². The Balaban J connectivity index is 2.15. The zero-order valence-electron chi connectivity index (χ0n) is 10.2. The molecule has 0 spiro atoms. The van der Waals surface area contributed by atoms with Crippen LogP contribution in [0.5, 0.6) is 0 Å². The highest BCUT2D eigenvalue weighted by Gasteiger charge is 2.46. The van der Waals surface area contributed by atoms with E-state index in [4.69, 9.17) is 23.2 Å². The third-order valence-corrected chi connectivity index (χ3v) is 5.14. The van der Waals surface area contributed by atoms with Crippen molar-refractivity contribution in [2.75, 3.05) is 0 Å². The summed E-state index contributed by atoms with van der Waals surface area (Å²) in [7, 11) is 0. The highest BCUT2D eigenvalue weighted by molar-refractivity contribution is 7.20. The Bertz CT molecular complexity index is 531. The number of carbonyl (C=O) groups excluding carboxylic acids is 1. The molecule has 1 aliphatic carbocycles. The molecule has 0 radical (unpaired) electrons. The molecular weight excluding hydrogens is 309 g/mol. The van der Waals surface area contributed by atoms with Gasteiger partial charge in [-0.15, -0.1) is 11.3 Å². The summed E-state index contributed by atoms with van der Waals surface area (Å²) in [4.78, 5) is 23.4. The first-order valence-electron chi connectivity index (χ1n) is 5.83. The first-order valence-corrected chi connectivity index (χ1v) is 7.41. The fraction of sp³-hybridized carbons (Fsp3) is 0.500. The minimum absolute atomic E-state index is 0.302. The molecule has 1 aromatic heterocycles. The van der Waals surface area contributed by atoms with Crippen LogP contribution in [0, 0.1) is 5.41 Å². The van der Waals surface area contributed by atoms with Crippen LogP contribution in [-0.4, -0.2) is 23.0 Å². The molecule has 4 nitrogen and oxygen atoms in total. The molecule has 0 aromatic carbocycles. The van der Waals surface area contributed by atoms with Gasteiger partial charge in [0.2, 0.25) is 0 Å². The van der Waals surface area contributed by atoms with E-state index in [2.05, 4.69) is 5.32 Å². The summed E-state index contributed by atoms with van der Waals surface area (Å²) < 4.78 is 0.750. The predicted octanol–water partition coefficient (Wildman–Crippen LogP) is 3.43. The molecule has 1 fully saturated rings. The van der Waals surface area contributed by atoms with Gasteiger partial charge in [-0.3, -0.25) is 9.59 Å². The molecule has 1 saturated carbocycles. The number of carbonyl (C=O) groups is 2. The van der Waals surface area contributed by atoms with E-state index >= 15 is 0 Å². The standard InChI is InChI=1S/C12H13Cl2NO3S/c1-12(11(17)18)4-2-3-7(12)15-10(16)6-5-8(13)19-9(6)14/h5,7H,2-4H2,1H3,(H,15,16)(H,17,18). The van der Waals surface area contributed by atoms with Crippen molar-refractivity contribution < 1.29 is 14.7 Å². The van der Waals surface area contributed by atoms with Gasteiger partial charge in [0.1, 0.15) is 4.34 Å². The van der Waals surface area contributed by atoms with Gasteiger partial charge >= 0.3 is 5.97 Å². The van der Waals surface area contributed by atoms with Gasteiger partial charge in [-0.1, -0.05) is 29.6 Å². The van der Waals surface area contributed by atoms with Crippen LogP contribution in [0.25, 0.3) is 0 Å². The maximum atomic E-state index is 12.1. The number of hydrogen-bond acceptors (Lipinski definition) is 3. The molecular formula is C12H13Cl2NO3S. The highest BCUT2D eigenvalue weighted by Crippen LogP contribution is 2.39. The average molecular weight is 322 g/mol. The molecule has 0 bridgehead atoms. The van der Waals surface area contributed by atoms with Gasteiger partial charge in [0.25, 0.3) is 5.91 Å². The van der Waals surface area contributed by atoms with Crippen LogP contribution in [0.1, 0.15) is 36.5 Å². The quantitative estimate of drug-likeness (QED) is 0.896. The molecule has 1 aliphatic rings. The SMILES string of the molecule is CC1(C(=O)O)CCCC1NC(=O)c1cc(Cl)sc1Cl. The second-order valence-electron chi connectivity index (χ2n) is 4.88. The van der Waals surface area contributed by atoms with E-state index in [1.165, 1.54) is 6.07 Å². The number of nitrogens with one attached hydrogen (secondary N) is 1. The lowest BCUT2D eigenvalue weighted by atomic mass is 9.85. The predicted molar refractivity (Wildman–Crippen MR) is 75.2 cm³/mol.